The first-order valence-electron chi connectivity index (χ1n) is 4.60. The van der Waals surface area contributed by atoms with E-state index in [-0.39, 0.29) is 0 Å². The van der Waals surface area contributed by atoms with Crippen LogP contribution >= 0.6 is 0 Å². The SMILES string of the molecule is CC(C)=CCCc1ccccc1O. The Hall–Kier alpha value is -1.24. The summed E-state index contributed by atoms with van der Waals surface area (Å²) in [6, 6.07) is 7.50. The fraction of sp³-hybridized carbons (Fsp3) is 0.333. The molecule has 0 aliphatic heterocycles. The van der Waals surface area contributed by atoms with Crippen LogP contribution in [0.5, 0.6) is 5.75 Å². The summed E-state index contributed by atoms with van der Waals surface area (Å²) in [4.78, 5) is 0. The fourth-order valence-electron chi connectivity index (χ4n) is 1.24. The van der Waals surface area contributed by atoms with Crippen molar-refractivity contribution >= 4 is 0 Å². The summed E-state index contributed by atoms with van der Waals surface area (Å²) in [6.07, 6.45) is 4.10. The van der Waals surface area contributed by atoms with Crippen molar-refractivity contribution < 1.29 is 5.11 Å². The van der Waals surface area contributed by atoms with Gasteiger partial charge in [-0.25, -0.2) is 0 Å². The molecule has 13 heavy (non-hydrogen) atoms. The highest BCUT2D eigenvalue weighted by Crippen LogP contribution is 2.17. The Morgan fingerprint density at radius 2 is 2.00 bits per heavy atom. The number of aromatic hydroxyl groups is 1. The molecule has 0 aromatic heterocycles. The largest absolute Gasteiger partial charge is 0.508 e. The summed E-state index contributed by atoms with van der Waals surface area (Å²) in [7, 11) is 0. The first kappa shape index (κ1) is 9.85. The third-order valence-electron chi connectivity index (χ3n) is 1.96. The Bertz CT molecular complexity index is 296. The van der Waals surface area contributed by atoms with Gasteiger partial charge in [-0.1, -0.05) is 29.8 Å². The Balaban J connectivity index is 2.55. The molecule has 0 fully saturated rings. The third kappa shape index (κ3) is 3.32. The van der Waals surface area contributed by atoms with Gasteiger partial charge in [0.15, 0.2) is 0 Å². The van der Waals surface area contributed by atoms with Gasteiger partial charge in [0.25, 0.3) is 0 Å². The molecule has 1 rings (SSSR count). The molecule has 1 N–H and O–H groups in total. The summed E-state index contributed by atoms with van der Waals surface area (Å²) in [5.41, 5.74) is 2.36. The zero-order chi connectivity index (χ0) is 9.68. The summed E-state index contributed by atoms with van der Waals surface area (Å²) in [6.45, 7) is 4.18. The lowest BCUT2D eigenvalue weighted by atomic mass is 10.1. The van der Waals surface area contributed by atoms with Crippen LogP contribution in [0.4, 0.5) is 0 Å². The molecular formula is C12H16O. The highest BCUT2D eigenvalue weighted by atomic mass is 16.3. The standard InChI is InChI=1S/C12H16O/c1-10(2)6-5-8-11-7-3-4-9-12(11)13/h3-4,6-7,9,13H,5,8H2,1-2H3. The average Bonchev–Trinajstić information content (AvgIpc) is 2.08. The molecule has 0 saturated heterocycles. The summed E-state index contributed by atoms with van der Waals surface area (Å²) in [5, 5.41) is 9.46. The molecule has 0 radical (unpaired) electrons. The van der Waals surface area contributed by atoms with Gasteiger partial charge in [0.05, 0.1) is 0 Å². The zero-order valence-corrected chi connectivity index (χ0v) is 8.25. The molecule has 0 atom stereocenters. The minimum Gasteiger partial charge on any atom is -0.508 e. The minimum absolute atomic E-state index is 0.407. The highest BCUT2D eigenvalue weighted by Gasteiger charge is 1.96. The molecule has 70 valence electrons. The molecule has 0 heterocycles. The second-order valence-electron chi connectivity index (χ2n) is 3.45. The van der Waals surface area contributed by atoms with E-state index in [2.05, 4.69) is 19.9 Å². The van der Waals surface area contributed by atoms with Crippen molar-refractivity contribution in [2.24, 2.45) is 0 Å². The number of phenols is 1. The van der Waals surface area contributed by atoms with E-state index in [0.29, 0.717) is 5.75 Å². The van der Waals surface area contributed by atoms with Crippen LogP contribution in [0.1, 0.15) is 25.8 Å². The third-order valence-corrected chi connectivity index (χ3v) is 1.96. The van der Waals surface area contributed by atoms with Crippen molar-refractivity contribution in [2.45, 2.75) is 26.7 Å². The van der Waals surface area contributed by atoms with Crippen LogP contribution in [0.2, 0.25) is 0 Å². The van der Waals surface area contributed by atoms with E-state index in [1.165, 1.54) is 5.57 Å². The molecule has 0 bridgehead atoms. The second kappa shape index (κ2) is 4.70. The number of hydrogen-bond donors (Lipinski definition) is 1. The molecule has 1 nitrogen and oxygen atoms in total. The number of rotatable bonds is 3. The normalized spacial score (nSPS) is 9.69. The van der Waals surface area contributed by atoms with Gasteiger partial charge < -0.3 is 5.11 Å². The summed E-state index contributed by atoms with van der Waals surface area (Å²) >= 11 is 0. The van der Waals surface area contributed by atoms with Gasteiger partial charge in [0.2, 0.25) is 0 Å². The van der Waals surface area contributed by atoms with Crippen molar-refractivity contribution in [1.29, 1.82) is 0 Å². The summed E-state index contributed by atoms with van der Waals surface area (Å²) in [5.74, 6) is 0.407. The number of phenolic OH excluding ortho intramolecular Hbond substituents is 1. The highest BCUT2D eigenvalue weighted by molar-refractivity contribution is 5.31. The number of benzene rings is 1. The van der Waals surface area contributed by atoms with Crippen LogP contribution in [0.25, 0.3) is 0 Å². The molecule has 0 amide bonds. The predicted molar refractivity (Wildman–Crippen MR) is 55.9 cm³/mol. The van der Waals surface area contributed by atoms with E-state index >= 15 is 0 Å². The number of para-hydroxylation sites is 1. The smallest absolute Gasteiger partial charge is 0.118 e. The lowest BCUT2D eigenvalue weighted by Gasteiger charge is -2.01. The van der Waals surface area contributed by atoms with Crippen LogP contribution in [0.15, 0.2) is 35.9 Å². The van der Waals surface area contributed by atoms with E-state index in [9.17, 15) is 5.11 Å². The van der Waals surface area contributed by atoms with Gasteiger partial charge >= 0.3 is 0 Å². The van der Waals surface area contributed by atoms with Crippen molar-refractivity contribution in [1.82, 2.24) is 0 Å². The summed E-state index contributed by atoms with van der Waals surface area (Å²) < 4.78 is 0. The van der Waals surface area contributed by atoms with Gasteiger partial charge in [0, 0.05) is 0 Å². The molecule has 1 aromatic carbocycles. The van der Waals surface area contributed by atoms with E-state index in [0.717, 1.165) is 18.4 Å². The van der Waals surface area contributed by atoms with Crippen LogP contribution in [-0.4, -0.2) is 5.11 Å². The second-order valence-corrected chi connectivity index (χ2v) is 3.45. The molecule has 1 heteroatoms. The molecule has 1 aromatic rings. The van der Waals surface area contributed by atoms with E-state index in [1.807, 2.05) is 18.2 Å². The fourth-order valence-corrected chi connectivity index (χ4v) is 1.24. The van der Waals surface area contributed by atoms with E-state index in [1.54, 1.807) is 6.07 Å². The van der Waals surface area contributed by atoms with Gasteiger partial charge in [0.1, 0.15) is 5.75 Å². The molecule has 0 aliphatic carbocycles. The first-order chi connectivity index (χ1) is 6.20. The maximum absolute atomic E-state index is 9.46. The Labute approximate surface area is 79.7 Å². The van der Waals surface area contributed by atoms with Crippen molar-refractivity contribution in [3.05, 3.63) is 41.5 Å². The van der Waals surface area contributed by atoms with Crippen LogP contribution in [0.3, 0.4) is 0 Å². The molecule has 0 unspecified atom stereocenters. The first-order valence-corrected chi connectivity index (χ1v) is 4.60. The van der Waals surface area contributed by atoms with Crippen molar-refractivity contribution in [3.8, 4) is 5.75 Å². The van der Waals surface area contributed by atoms with Gasteiger partial charge in [-0.2, -0.15) is 0 Å². The Kier molecular flexibility index (Phi) is 3.56. The van der Waals surface area contributed by atoms with Crippen LogP contribution in [-0.2, 0) is 6.42 Å². The number of hydrogen-bond acceptors (Lipinski definition) is 1. The number of allylic oxidation sites excluding steroid dienone is 2. The monoisotopic (exact) mass is 176 g/mol. The van der Waals surface area contributed by atoms with Gasteiger partial charge in [-0.05, 0) is 38.3 Å². The Morgan fingerprint density at radius 1 is 1.31 bits per heavy atom. The van der Waals surface area contributed by atoms with Crippen molar-refractivity contribution in [2.75, 3.05) is 0 Å². The maximum atomic E-state index is 9.46. The van der Waals surface area contributed by atoms with Crippen molar-refractivity contribution in [3.63, 3.8) is 0 Å². The average molecular weight is 176 g/mol. The lowest BCUT2D eigenvalue weighted by Crippen LogP contribution is -1.83. The minimum atomic E-state index is 0.407. The Morgan fingerprint density at radius 3 is 2.62 bits per heavy atom. The molecule has 0 spiro atoms. The zero-order valence-electron chi connectivity index (χ0n) is 8.25. The van der Waals surface area contributed by atoms with Gasteiger partial charge in [-0.3, -0.25) is 0 Å². The maximum Gasteiger partial charge on any atom is 0.118 e. The molecule has 0 saturated carbocycles. The van der Waals surface area contributed by atoms with E-state index < -0.39 is 0 Å². The lowest BCUT2D eigenvalue weighted by molar-refractivity contribution is 0.468. The quantitative estimate of drug-likeness (QED) is 0.701. The number of aryl methyl sites for hydroxylation is 1. The topological polar surface area (TPSA) is 20.2 Å². The van der Waals surface area contributed by atoms with Crippen LogP contribution < -0.4 is 0 Å². The predicted octanol–water partition coefficient (Wildman–Crippen LogP) is 3.29. The van der Waals surface area contributed by atoms with Crippen LogP contribution in [0, 0.1) is 0 Å². The molecule has 0 aliphatic rings. The van der Waals surface area contributed by atoms with Gasteiger partial charge in [-0.15, -0.1) is 0 Å². The molecular weight excluding hydrogens is 160 g/mol. The van der Waals surface area contributed by atoms with E-state index in [4.69, 9.17) is 0 Å².